The van der Waals surface area contributed by atoms with E-state index in [0.29, 0.717) is 6.04 Å². The van der Waals surface area contributed by atoms with E-state index in [1.165, 1.54) is 19.4 Å². The SMILES string of the molecule is CCC(C)CCN1C(C)(C)CC(N)CC1(C)C. The Kier molecular flexibility index (Phi) is 4.65. The molecule has 17 heavy (non-hydrogen) atoms. The van der Waals surface area contributed by atoms with Gasteiger partial charge in [-0.05, 0) is 59.4 Å². The van der Waals surface area contributed by atoms with Gasteiger partial charge in [-0.15, -0.1) is 0 Å². The summed E-state index contributed by atoms with van der Waals surface area (Å²) in [5, 5.41) is 0. The average Bonchev–Trinajstić information content (AvgIpc) is 2.12. The minimum atomic E-state index is 0.245. The Hall–Kier alpha value is -0.0800. The van der Waals surface area contributed by atoms with Crippen LogP contribution in [0.5, 0.6) is 0 Å². The van der Waals surface area contributed by atoms with Crippen LogP contribution in [0.15, 0.2) is 0 Å². The van der Waals surface area contributed by atoms with E-state index in [-0.39, 0.29) is 11.1 Å². The number of rotatable bonds is 4. The van der Waals surface area contributed by atoms with Gasteiger partial charge in [-0.3, -0.25) is 4.90 Å². The van der Waals surface area contributed by atoms with Crippen LogP contribution >= 0.6 is 0 Å². The lowest BCUT2D eigenvalue weighted by Crippen LogP contribution is -2.63. The second-order valence-corrected chi connectivity index (χ2v) is 7.25. The fourth-order valence-electron chi connectivity index (χ4n) is 3.55. The molecule has 0 bridgehead atoms. The molecular formula is C15H32N2. The summed E-state index contributed by atoms with van der Waals surface area (Å²) in [6, 6.07) is 0.361. The zero-order valence-electron chi connectivity index (χ0n) is 12.7. The molecule has 1 aliphatic heterocycles. The molecule has 0 radical (unpaired) electrons. The van der Waals surface area contributed by atoms with Crippen molar-refractivity contribution in [1.82, 2.24) is 4.90 Å². The molecule has 2 N–H and O–H groups in total. The molecule has 0 spiro atoms. The Labute approximate surface area is 108 Å². The van der Waals surface area contributed by atoms with Crippen LogP contribution in [0.2, 0.25) is 0 Å². The third-order valence-corrected chi connectivity index (χ3v) is 4.53. The lowest BCUT2D eigenvalue weighted by Gasteiger charge is -2.55. The van der Waals surface area contributed by atoms with Crippen molar-refractivity contribution in [2.24, 2.45) is 11.7 Å². The largest absolute Gasteiger partial charge is 0.328 e. The van der Waals surface area contributed by atoms with Gasteiger partial charge in [0.2, 0.25) is 0 Å². The molecule has 1 fully saturated rings. The number of piperidine rings is 1. The maximum atomic E-state index is 6.20. The molecule has 1 saturated heterocycles. The summed E-state index contributed by atoms with van der Waals surface area (Å²) in [6.45, 7) is 15.3. The molecule has 0 amide bonds. The second-order valence-electron chi connectivity index (χ2n) is 7.25. The highest BCUT2D eigenvalue weighted by molar-refractivity contribution is 5.01. The first-order valence-corrected chi connectivity index (χ1v) is 7.22. The Morgan fingerprint density at radius 1 is 1.18 bits per heavy atom. The number of likely N-dealkylation sites (tertiary alicyclic amines) is 1. The van der Waals surface area contributed by atoms with Gasteiger partial charge >= 0.3 is 0 Å². The molecule has 0 aliphatic carbocycles. The van der Waals surface area contributed by atoms with Gasteiger partial charge in [0.25, 0.3) is 0 Å². The van der Waals surface area contributed by atoms with Crippen LogP contribution in [0.1, 0.15) is 67.2 Å². The maximum Gasteiger partial charge on any atom is 0.0173 e. The fraction of sp³-hybridized carbons (Fsp3) is 1.00. The highest BCUT2D eigenvalue weighted by Gasteiger charge is 2.43. The zero-order valence-corrected chi connectivity index (χ0v) is 12.7. The molecule has 1 rings (SSSR count). The summed E-state index contributed by atoms with van der Waals surface area (Å²) in [4.78, 5) is 2.69. The minimum Gasteiger partial charge on any atom is -0.328 e. The third kappa shape index (κ3) is 3.69. The van der Waals surface area contributed by atoms with Gasteiger partial charge in [0.1, 0.15) is 0 Å². The Morgan fingerprint density at radius 3 is 2.06 bits per heavy atom. The lowest BCUT2D eigenvalue weighted by molar-refractivity contribution is -0.0375. The summed E-state index contributed by atoms with van der Waals surface area (Å²) < 4.78 is 0. The van der Waals surface area contributed by atoms with Crippen molar-refractivity contribution in [2.75, 3.05) is 6.54 Å². The van der Waals surface area contributed by atoms with Gasteiger partial charge in [-0.2, -0.15) is 0 Å². The number of nitrogens with zero attached hydrogens (tertiary/aromatic N) is 1. The van der Waals surface area contributed by atoms with Crippen LogP contribution in [0.25, 0.3) is 0 Å². The van der Waals surface area contributed by atoms with Crippen molar-refractivity contribution in [2.45, 2.75) is 84.3 Å². The van der Waals surface area contributed by atoms with Crippen LogP contribution in [0.3, 0.4) is 0 Å². The van der Waals surface area contributed by atoms with Crippen LogP contribution in [0, 0.1) is 5.92 Å². The van der Waals surface area contributed by atoms with Crippen molar-refractivity contribution in [3.05, 3.63) is 0 Å². The first-order chi connectivity index (χ1) is 7.69. The van der Waals surface area contributed by atoms with Crippen molar-refractivity contribution in [3.63, 3.8) is 0 Å². The maximum absolute atomic E-state index is 6.20. The molecular weight excluding hydrogens is 208 g/mol. The molecule has 1 aliphatic rings. The van der Waals surface area contributed by atoms with Crippen LogP contribution < -0.4 is 5.73 Å². The van der Waals surface area contributed by atoms with E-state index in [0.717, 1.165) is 18.8 Å². The van der Waals surface area contributed by atoms with Gasteiger partial charge in [-0.1, -0.05) is 20.3 Å². The Bertz CT molecular complexity index is 227. The van der Waals surface area contributed by atoms with E-state index >= 15 is 0 Å². The van der Waals surface area contributed by atoms with Crippen LogP contribution in [-0.2, 0) is 0 Å². The quantitative estimate of drug-likeness (QED) is 0.816. The summed E-state index contributed by atoms with van der Waals surface area (Å²) in [7, 11) is 0. The first kappa shape index (κ1) is 15.0. The smallest absolute Gasteiger partial charge is 0.0173 e. The molecule has 0 aromatic heterocycles. The molecule has 2 heteroatoms. The summed E-state index contributed by atoms with van der Waals surface area (Å²) >= 11 is 0. The molecule has 2 nitrogen and oxygen atoms in total. The topological polar surface area (TPSA) is 29.3 Å². The standard InChI is InChI=1S/C15H32N2/c1-7-12(2)8-9-17-14(3,4)10-13(16)11-15(17,5)6/h12-13H,7-11,16H2,1-6H3. The lowest BCUT2D eigenvalue weighted by atomic mass is 9.77. The number of nitrogens with two attached hydrogens (primary N) is 1. The van der Waals surface area contributed by atoms with Crippen LogP contribution in [-0.4, -0.2) is 28.6 Å². The fourth-order valence-corrected chi connectivity index (χ4v) is 3.55. The van der Waals surface area contributed by atoms with Crippen molar-refractivity contribution < 1.29 is 0 Å². The van der Waals surface area contributed by atoms with Gasteiger partial charge in [0, 0.05) is 17.1 Å². The van der Waals surface area contributed by atoms with Gasteiger partial charge in [-0.25, -0.2) is 0 Å². The first-order valence-electron chi connectivity index (χ1n) is 7.22. The third-order valence-electron chi connectivity index (χ3n) is 4.53. The highest BCUT2D eigenvalue weighted by atomic mass is 15.3. The van der Waals surface area contributed by atoms with Gasteiger partial charge in [0.15, 0.2) is 0 Å². The summed E-state index contributed by atoms with van der Waals surface area (Å²) in [5.74, 6) is 0.831. The second kappa shape index (κ2) is 5.27. The predicted octanol–water partition coefficient (Wildman–Crippen LogP) is 3.40. The van der Waals surface area contributed by atoms with Crippen LogP contribution in [0.4, 0.5) is 0 Å². The predicted molar refractivity (Wildman–Crippen MR) is 76.1 cm³/mol. The summed E-state index contributed by atoms with van der Waals surface area (Å²) in [5.41, 5.74) is 6.69. The number of hydrogen-bond donors (Lipinski definition) is 1. The molecule has 0 aromatic rings. The minimum absolute atomic E-state index is 0.245. The number of hydrogen-bond acceptors (Lipinski definition) is 2. The van der Waals surface area contributed by atoms with E-state index in [1.54, 1.807) is 0 Å². The van der Waals surface area contributed by atoms with E-state index in [4.69, 9.17) is 5.73 Å². The molecule has 0 saturated carbocycles. The van der Waals surface area contributed by atoms with Crippen molar-refractivity contribution in [1.29, 1.82) is 0 Å². The Balaban J connectivity index is 2.71. The van der Waals surface area contributed by atoms with E-state index in [9.17, 15) is 0 Å². The zero-order chi connectivity index (χ0) is 13.3. The van der Waals surface area contributed by atoms with E-state index in [2.05, 4.69) is 46.4 Å². The average molecular weight is 240 g/mol. The van der Waals surface area contributed by atoms with E-state index in [1.807, 2.05) is 0 Å². The van der Waals surface area contributed by atoms with Gasteiger partial charge < -0.3 is 5.73 Å². The van der Waals surface area contributed by atoms with Crippen molar-refractivity contribution in [3.8, 4) is 0 Å². The van der Waals surface area contributed by atoms with Crippen molar-refractivity contribution >= 4 is 0 Å². The highest BCUT2D eigenvalue weighted by Crippen LogP contribution is 2.38. The normalized spacial score (nSPS) is 27.0. The van der Waals surface area contributed by atoms with E-state index < -0.39 is 0 Å². The van der Waals surface area contributed by atoms with Gasteiger partial charge in [0.05, 0.1) is 0 Å². The molecule has 0 aromatic carbocycles. The molecule has 102 valence electrons. The Morgan fingerprint density at radius 2 is 1.65 bits per heavy atom. The summed E-state index contributed by atoms with van der Waals surface area (Å²) in [6.07, 6.45) is 4.83. The molecule has 1 atom stereocenters. The molecule has 1 unspecified atom stereocenters. The molecule has 1 heterocycles. The monoisotopic (exact) mass is 240 g/mol.